The van der Waals surface area contributed by atoms with E-state index in [0.29, 0.717) is 25.4 Å². The Hall–Kier alpha value is -1.40. The Balaban J connectivity index is 2.08. The molecule has 0 atom stereocenters. The summed E-state index contributed by atoms with van der Waals surface area (Å²) in [7, 11) is 3.06. The van der Waals surface area contributed by atoms with Gasteiger partial charge in [-0.05, 0) is 61.8 Å². The first kappa shape index (κ1) is 19.9. The number of rotatable bonds is 6. The van der Waals surface area contributed by atoms with Gasteiger partial charge in [-0.2, -0.15) is 0 Å². The molecule has 1 aromatic rings. The van der Waals surface area contributed by atoms with Crippen molar-refractivity contribution in [3.63, 3.8) is 0 Å². The average molecular weight is 412 g/mol. The van der Waals surface area contributed by atoms with E-state index in [2.05, 4.69) is 21.2 Å². The number of ether oxygens (including phenoxy) is 2. The Labute approximate surface area is 157 Å². The Morgan fingerprint density at radius 1 is 1.28 bits per heavy atom. The third kappa shape index (κ3) is 5.05. The molecule has 1 fully saturated rings. The molecule has 1 N–H and O–H groups in total. The Morgan fingerprint density at radius 2 is 1.96 bits per heavy atom. The molecule has 0 unspecified atom stereocenters. The molecule has 0 spiro atoms. The van der Waals surface area contributed by atoms with Gasteiger partial charge >= 0.3 is 5.97 Å². The van der Waals surface area contributed by atoms with E-state index in [0.717, 1.165) is 28.4 Å². The minimum absolute atomic E-state index is 0.156. The van der Waals surface area contributed by atoms with Crippen molar-refractivity contribution in [2.45, 2.75) is 44.6 Å². The van der Waals surface area contributed by atoms with Crippen LogP contribution in [-0.2, 0) is 25.5 Å². The maximum Gasteiger partial charge on any atom is 0.331 e. The molecule has 0 radical (unpaired) electrons. The van der Waals surface area contributed by atoms with Gasteiger partial charge in [-0.3, -0.25) is 4.79 Å². The molecule has 138 valence electrons. The second-order valence-corrected chi connectivity index (χ2v) is 7.68. The molecule has 1 aliphatic carbocycles. The summed E-state index contributed by atoms with van der Waals surface area (Å²) in [6.45, 7) is 2.66. The topological polar surface area (TPSA) is 64.6 Å². The zero-order valence-electron chi connectivity index (χ0n) is 15.1. The summed E-state index contributed by atoms with van der Waals surface area (Å²) in [6, 6.07) is 5.86. The fourth-order valence-electron chi connectivity index (χ4n) is 3.46. The fraction of sp³-hybridized carbons (Fsp3) is 0.579. The largest absolute Gasteiger partial charge is 0.467 e. The lowest BCUT2D eigenvalue weighted by Gasteiger charge is -2.38. The molecule has 6 heteroatoms. The number of nitrogens with one attached hydrogen (secondary N) is 1. The van der Waals surface area contributed by atoms with Crippen LogP contribution in [0.3, 0.4) is 0 Å². The normalized spacial score (nSPS) is 23.1. The van der Waals surface area contributed by atoms with Gasteiger partial charge in [0.15, 0.2) is 0 Å². The molecule has 1 saturated carbocycles. The Bertz CT molecular complexity index is 624. The predicted octanol–water partition coefficient (Wildman–Crippen LogP) is 3.16. The zero-order valence-corrected chi connectivity index (χ0v) is 16.6. The summed E-state index contributed by atoms with van der Waals surface area (Å²) in [4.78, 5) is 25.0. The number of methoxy groups -OCH3 is 2. The van der Waals surface area contributed by atoms with E-state index < -0.39 is 5.54 Å². The number of carbonyl (C=O) groups is 2. The average Bonchev–Trinajstić information content (AvgIpc) is 2.59. The van der Waals surface area contributed by atoms with Crippen molar-refractivity contribution in [3.05, 3.63) is 33.8 Å². The first-order valence-electron chi connectivity index (χ1n) is 8.53. The standard InChI is InChI=1S/C19H26BrNO4/c1-13-4-5-16(20)10-15(13)11-17(22)21-19(18(23)25-3)8-6-14(7-9-19)12-24-2/h4-5,10,14H,6-9,11-12H2,1-3H3,(H,21,22)/t14-,19-. The number of aryl methyl sites for hydroxylation is 1. The van der Waals surface area contributed by atoms with Gasteiger partial charge in [-0.25, -0.2) is 4.79 Å². The lowest BCUT2D eigenvalue weighted by Crippen LogP contribution is -2.57. The Morgan fingerprint density at radius 3 is 2.56 bits per heavy atom. The van der Waals surface area contributed by atoms with Crippen molar-refractivity contribution in [3.8, 4) is 0 Å². The van der Waals surface area contributed by atoms with E-state index in [1.807, 2.05) is 25.1 Å². The van der Waals surface area contributed by atoms with E-state index >= 15 is 0 Å². The number of amides is 1. The van der Waals surface area contributed by atoms with Crippen LogP contribution in [0.15, 0.2) is 22.7 Å². The molecule has 0 heterocycles. The van der Waals surface area contributed by atoms with Crippen molar-refractivity contribution in [2.24, 2.45) is 5.92 Å². The van der Waals surface area contributed by atoms with Crippen molar-refractivity contribution in [2.75, 3.05) is 20.8 Å². The van der Waals surface area contributed by atoms with Crippen LogP contribution in [0.4, 0.5) is 0 Å². The van der Waals surface area contributed by atoms with E-state index in [-0.39, 0.29) is 18.3 Å². The first-order chi connectivity index (χ1) is 11.9. The summed E-state index contributed by atoms with van der Waals surface area (Å²) in [6.07, 6.45) is 3.07. The third-order valence-corrected chi connectivity index (χ3v) is 5.47. The van der Waals surface area contributed by atoms with Gasteiger partial charge in [0.25, 0.3) is 0 Å². The van der Waals surface area contributed by atoms with Crippen molar-refractivity contribution in [1.82, 2.24) is 5.32 Å². The minimum atomic E-state index is -0.921. The molecule has 0 aliphatic heterocycles. The van der Waals surface area contributed by atoms with Crippen LogP contribution in [0, 0.1) is 12.8 Å². The lowest BCUT2D eigenvalue weighted by atomic mass is 9.76. The smallest absolute Gasteiger partial charge is 0.331 e. The Kier molecular flexibility index (Phi) is 7.02. The van der Waals surface area contributed by atoms with Crippen LogP contribution < -0.4 is 5.32 Å². The second-order valence-electron chi connectivity index (χ2n) is 6.77. The highest BCUT2D eigenvalue weighted by molar-refractivity contribution is 9.10. The van der Waals surface area contributed by atoms with Gasteiger partial charge in [0.05, 0.1) is 13.5 Å². The lowest BCUT2D eigenvalue weighted by molar-refractivity contribution is -0.153. The zero-order chi connectivity index (χ0) is 18.4. The van der Waals surface area contributed by atoms with Crippen molar-refractivity contribution < 1.29 is 19.1 Å². The molecule has 1 aromatic carbocycles. The highest BCUT2D eigenvalue weighted by Gasteiger charge is 2.44. The molecule has 0 saturated heterocycles. The first-order valence-corrected chi connectivity index (χ1v) is 9.33. The summed E-state index contributed by atoms with van der Waals surface area (Å²) in [5, 5.41) is 2.97. The van der Waals surface area contributed by atoms with Gasteiger partial charge in [0, 0.05) is 18.2 Å². The van der Waals surface area contributed by atoms with E-state index in [1.54, 1.807) is 7.11 Å². The highest BCUT2D eigenvalue weighted by atomic mass is 79.9. The molecule has 0 bridgehead atoms. The van der Waals surface area contributed by atoms with Gasteiger partial charge in [0.2, 0.25) is 5.91 Å². The number of hydrogen-bond donors (Lipinski definition) is 1. The monoisotopic (exact) mass is 411 g/mol. The van der Waals surface area contributed by atoms with Crippen LogP contribution in [0.1, 0.15) is 36.8 Å². The SMILES string of the molecule is COC[C@H]1CC[C@@](NC(=O)Cc2cc(Br)ccc2C)(C(=O)OC)CC1. The molecule has 0 aromatic heterocycles. The van der Waals surface area contributed by atoms with Gasteiger partial charge in [-0.1, -0.05) is 22.0 Å². The quantitative estimate of drug-likeness (QED) is 0.730. The van der Waals surface area contributed by atoms with E-state index in [9.17, 15) is 9.59 Å². The van der Waals surface area contributed by atoms with Crippen LogP contribution in [-0.4, -0.2) is 38.2 Å². The summed E-state index contributed by atoms with van der Waals surface area (Å²) < 4.78 is 11.1. The minimum Gasteiger partial charge on any atom is -0.467 e. The van der Waals surface area contributed by atoms with Crippen LogP contribution >= 0.6 is 15.9 Å². The fourth-order valence-corrected chi connectivity index (χ4v) is 3.87. The molecule has 1 amide bonds. The highest BCUT2D eigenvalue weighted by Crippen LogP contribution is 2.33. The summed E-state index contributed by atoms with van der Waals surface area (Å²) >= 11 is 3.43. The van der Waals surface area contributed by atoms with Gasteiger partial charge in [0.1, 0.15) is 5.54 Å². The molecule has 25 heavy (non-hydrogen) atoms. The van der Waals surface area contributed by atoms with Crippen LogP contribution in [0.25, 0.3) is 0 Å². The predicted molar refractivity (Wildman–Crippen MR) is 99.3 cm³/mol. The van der Waals surface area contributed by atoms with E-state index in [1.165, 1.54) is 7.11 Å². The van der Waals surface area contributed by atoms with Gasteiger partial charge in [-0.15, -0.1) is 0 Å². The second kappa shape index (κ2) is 8.81. The number of carbonyl (C=O) groups excluding carboxylic acids is 2. The van der Waals surface area contributed by atoms with Crippen LogP contribution in [0.5, 0.6) is 0 Å². The maximum absolute atomic E-state index is 12.6. The van der Waals surface area contributed by atoms with Gasteiger partial charge < -0.3 is 14.8 Å². The van der Waals surface area contributed by atoms with E-state index in [4.69, 9.17) is 9.47 Å². The molecule has 1 aliphatic rings. The molecule has 5 nitrogen and oxygen atoms in total. The van der Waals surface area contributed by atoms with Crippen molar-refractivity contribution >= 4 is 27.8 Å². The number of esters is 1. The molecular weight excluding hydrogens is 386 g/mol. The number of halogens is 1. The summed E-state index contributed by atoms with van der Waals surface area (Å²) in [5.41, 5.74) is 1.07. The van der Waals surface area contributed by atoms with Crippen molar-refractivity contribution in [1.29, 1.82) is 0 Å². The summed E-state index contributed by atoms with van der Waals surface area (Å²) in [5.74, 6) is -0.0912. The van der Waals surface area contributed by atoms with Crippen LogP contribution in [0.2, 0.25) is 0 Å². The molecular formula is C19H26BrNO4. The number of benzene rings is 1. The third-order valence-electron chi connectivity index (χ3n) is 4.98. The molecule has 2 rings (SSSR count). The maximum atomic E-state index is 12.6. The number of hydrogen-bond acceptors (Lipinski definition) is 4.